The summed E-state index contributed by atoms with van der Waals surface area (Å²) in [6.07, 6.45) is 8.38. The number of anilines is 2. The monoisotopic (exact) mass is 358 g/mol. The average molecular weight is 358 g/mol. The van der Waals surface area contributed by atoms with E-state index in [1.807, 2.05) is 47.9 Å². The van der Waals surface area contributed by atoms with Gasteiger partial charge in [0.1, 0.15) is 10.6 Å². The van der Waals surface area contributed by atoms with Crippen molar-refractivity contribution >= 4 is 33.1 Å². The average Bonchev–Trinajstić information content (AvgIpc) is 3.08. The molecule has 26 heavy (non-hydrogen) atoms. The molecule has 3 heterocycles. The van der Waals surface area contributed by atoms with Crippen LogP contribution < -0.4 is 5.32 Å². The molecule has 4 nitrogen and oxygen atoms in total. The van der Waals surface area contributed by atoms with Gasteiger partial charge in [-0.2, -0.15) is 0 Å². The van der Waals surface area contributed by atoms with Gasteiger partial charge in [-0.25, -0.2) is 9.97 Å². The molecule has 0 unspecified atom stereocenters. The summed E-state index contributed by atoms with van der Waals surface area (Å²) in [4.78, 5) is 16.5. The van der Waals surface area contributed by atoms with Crippen molar-refractivity contribution in [3.05, 3.63) is 65.3 Å². The maximum absolute atomic E-state index is 4.89. The fraction of sp³-hybridized carbons (Fsp3) is 0.190. The summed E-state index contributed by atoms with van der Waals surface area (Å²) in [6.45, 7) is 0. The molecule has 1 N–H and O–H groups in total. The Labute approximate surface area is 156 Å². The van der Waals surface area contributed by atoms with Crippen molar-refractivity contribution in [3.63, 3.8) is 0 Å². The van der Waals surface area contributed by atoms with Crippen LogP contribution in [0.1, 0.15) is 23.3 Å². The summed E-state index contributed by atoms with van der Waals surface area (Å²) >= 11 is 1.82. The minimum atomic E-state index is 0.725. The molecule has 0 fully saturated rings. The van der Waals surface area contributed by atoms with Crippen LogP contribution in [0.3, 0.4) is 0 Å². The van der Waals surface area contributed by atoms with Crippen LogP contribution in [-0.2, 0) is 12.8 Å². The topological polar surface area (TPSA) is 50.7 Å². The third-order valence-electron chi connectivity index (χ3n) is 4.77. The van der Waals surface area contributed by atoms with Crippen LogP contribution in [-0.4, -0.2) is 15.0 Å². The third-order valence-corrected chi connectivity index (χ3v) is 5.96. The second-order valence-electron chi connectivity index (χ2n) is 6.52. The molecule has 0 bridgehead atoms. The van der Waals surface area contributed by atoms with Crippen molar-refractivity contribution in [1.29, 1.82) is 0 Å². The first kappa shape index (κ1) is 15.5. The lowest BCUT2D eigenvalue weighted by Gasteiger charge is -2.13. The summed E-state index contributed by atoms with van der Waals surface area (Å²) in [5.74, 6) is 1.63. The highest BCUT2D eigenvalue weighted by molar-refractivity contribution is 7.19. The number of nitrogens with one attached hydrogen (secondary N) is 1. The van der Waals surface area contributed by atoms with Crippen LogP contribution in [0.15, 0.2) is 54.9 Å². The van der Waals surface area contributed by atoms with Crippen molar-refractivity contribution in [2.75, 3.05) is 5.32 Å². The number of benzene rings is 1. The van der Waals surface area contributed by atoms with Crippen molar-refractivity contribution in [3.8, 4) is 11.4 Å². The Hall–Kier alpha value is -2.79. The van der Waals surface area contributed by atoms with Crippen molar-refractivity contribution in [1.82, 2.24) is 15.0 Å². The number of nitrogens with zero attached hydrogens (tertiary/aromatic N) is 3. The van der Waals surface area contributed by atoms with E-state index in [-0.39, 0.29) is 0 Å². The predicted octanol–water partition coefficient (Wildman–Crippen LogP) is 5.38. The number of hydrogen-bond acceptors (Lipinski definition) is 5. The molecule has 0 spiro atoms. The molecule has 5 rings (SSSR count). The van der Waals surface area contributed by atoms with Gasteiger partial charge in [-0.15, -0.1) is 11.3 Å². The Balaban J connectivity index is 1.72. The van der Waals surface area contributed by atoms with E-state index in [9.17, 15) is 0 Å². The Morgan fingerprint density at radius 3 is 2.65 bits per heavy atom. The molecule has 0 radical (unpaired) electrons. The van der Waals surface area contributed by atoms with E-state index < -0.39 is 0 Å². The number of rotatable bonds is 3. The van der Waals surface area contributed by atoms with E-state index in [0.29, 0.717) is 0 Å². The number of thiophene rings is 1. The predicted molar refractivity (Wildman–Crippen MR) is 107 cm³/mol. The standard InChI is InChI=1S/C21H18N4S/c1-2-8-15(9-3-1)23-20-18-16-10-4-5-11-17(16)26-21(18)25-19(24-20)14-7-6-12-22-13-14/h1-3,6-9,12-13H,4-5,10-11H2,(H,23,24,25). The molecular weight excluding hydrogens is 340 g/mol. The van der Waals surface area contributed by atoms with Crippen molar-refractivity contribution in [2.24, 2.45) is 0 Å². The van der Waals surface area contributed by atoms with Gasteiger partial charge >= 0.3 is 0 Å². The maximum atomic E-state index is 4.89. The molecule has 4 aromatic rings. The molecule has 5 heteroatoms. The highest BCUT2D eigenvalue weighted by Gasteiger charge is 2.21. The molecular formula is C21H18N4S. The molecule has 0 saturated carbocycles. The van der Waals surface area contributed by atoms with Gasteiger partial charge in [-0.3, -0.25) is 4.98 Å². The summed E-state index contributed by atoms with van der Waals surface area (Å²) in [5.41, 5.74) is 3.42. The quantitative estimate of drug-likeness (QED) is 0.534. The van der Waals surface area contributed by atoms with E-state index in [4.69, 9.17) is 9.97 Å². The van der Waals surface area contributed by atoms with Crippen molar-refractivity contribution in [2.45, 2.75) is 25.7 Å². The van der Waals surface area contributed by atoms with E-state index in [0.717, 1.165) is 40.6 Å². The Bertz CT molecular complexity index is 1060. The first-order chi connectivity index (χ1) is 12.9. The SMILES string of the molecule is c1ccc(Nc2nc(-c3cccnc3)nc3sc4c(c23)CCCC4)cc1. The normalized spacial score (nSPS) is 13.5. The van der Waals surface area contributed by atoms with Crippen LogP contribution >= 0.6 is 11.3 Å². The van der Waals surface area contributed by atoms with Crippen LogP contribution in [0.5, 0.6) is 0 Å². The lowest BCUT2D eigenvalue weighted by Crippen LogP contribution is -2.02. The van der Waals surface area contributed by atoms with Gasteiger partial charge in [0.25, 0.3) is 0 Å². The number of aryl methyl sites for hydroxylation is 2. The van der Waals surface area contributed by atoms with Gasteiger partial charge in [0.15, 0.2) is 5.82 Å². The van der Waals surface area contributed by atoms with Gasteiger partial charge in [-0.1, -0.05) is 18.2 Å². The van der Waals surface area contributed by atoms with Crippen LogP contribution in [0.25, 0.3) is 21.6 Å². The Morgan fingerprint density at radius 2 is 1.81 bits per heavy atom. The van der Waals surface area contributed by atoms with Gasteiger partial charge in [0, 0.05) is 28.5 Å². The second-order valence-corrected chi connectivity index (χ2v) is 7.60. The summed E-state index contributed by atoms with van der Waals surface area (Å²) in [5, 5.41) is 4.72. The molecule has 1 aliphatic carbocycles. The maximum Gasteiger partial charge on any atom is 0.164 e. The molecule has 1 aromatic carbocycles. The minimum absolute atomic E-state index is 0.725. The van der Waals surface area contributed by atoms with Crippen LogP contribution in [0.2, 0.25) is 0 Å². The zero-order valence-electron chi connectivity index (χ0n) is 14.3. The minimum Gasteiger partial charge on any atom is -0.340 e. The molecule has 1 aliphatic rings. The second kappa shape index (κ2) is 6.50. The number of para-hydroxylation sites is 1. The molecule has 3 aromatic heterocycles. The highest BCUT2D eigenvalue weighted by Crippen LogP contribution is 2.40. The zero-order valence-corrected chi connectivity index (χ0v) is 15.1. The number of fused-ring (bicyclic) bond motifs is 3. The first-order valence-electron chi connectivity index (χ1n) is 8.93. The fourth-order valence-electron chi connectivity index (χ4n) is 3.53. The Morgan fingerprint density at radius 1 is 0.923 bits per heavy atom. The smallest absolute Gasteiger partial charge is 0.164 e. The third kappa shape index (κ3) is 2.74. The number of pyridine rings is 1. The lowest BCUT2D eigenvalue weighted by atomic mass is 9.97. The molecule has 0 saturated heterocycles. The van der Waals surface area contributed by atoms with E-state index in [1.54, 1.807) is 6.20 Å². The summed E-state index contributed by atoms with van der Waals surface area (Å²) in [7, 11) is 0. The molecule has 0 amide bonds. The van der Waals surface area contributed by atoms with Gasteiger partial charge in [0.05, 0.1) is 5.39 Å². The lowest BCUT2D eigenvalue weighted by molar-refractivity contribution is 0.700. The van der Waals surface area contributed by atoms with E-state index >= 15 is 0 Å². The zero-order chi connectivity index (χ0) is 17.3. The largest absolute Gasteiger partial charge is 0.340 e. The van der Waals surface area contributed by atoms with Gasteiger partial charge < -0.3 is 5.32 Å². The van der Waals surface area contributed by atoms with Gasteiger partial charge in [-0.05, 0) is 55.5 Å². The summed E-state index contributed by atoms with van der Waals surface area (Å²) < 4.78 is 0. The fourth-order valence-corrected chi connectivity index (χ4v) is 4.79. The highest BCUT2D eigenvalue weighted by atomic mass is 32.1. The molecule has 128 valence electrons. The Kier molecular flexibility index (Phi) is 3.87. The summed E-state index contributed by atoms with van der Waals surface area (Å²) in [6, 6.07) is 14.2. The van der Waals surface area contributed by atoms with E-state index in [1.165, 1.54) is 28.7 Å². The molecule has 0 aliphatic heterocycles. The number of aromatic nitrogens is 3. The number of hydrogen-bond donors (Lipinski definition) is 1. The van der Waals surface area contributed by atoms with Crippen LogP contribution in [0.4, 0.5) is 11.5 Å². The van der Waals surface area contributed by atoms with E-state index in [2.05, 4.69) is 22.4 Å². The van der Waals surface area contributed by atoms with Gasteiger partial charge in [0.2, 0.25) is 0 Å². The first-order valence-corrected chi connectivity index (χ1v) is 9.75. The van der Waals surface area contributed by atoms with Crippen molar-refractivity contribution < 1.29 is 0 Å². The van der Waals surface area contributed by atoms with Crippen LogP contribution in [0, 0.1) is 0 Å². The molecule has 0 atom stereocenters.